The minimum Gasteiger partial charge on any atom is -0.543 e. The van der Waals surface area contributed by atoms with Crippen LogP contribution in [0.2, 0.25) is 0 Å². The summed E-state index contributed by atoms with van der Waals surface area (Å²) in [7, 11) is 1.20. The van der Waals surface area contributed by atoms with E-state index in [0.29, 0.717) is 4.91 Å². The van der Waals surface area contributed by atoms with Gasteiger partial charge in [-0.3, -0.25) is 14.5 Å². The van der Waals surface area contributed by atoms with Gasteiger partial charge in [0, 0.05) is 22.1 Å². The van der Waals surface area contributed by atoms with Gasteiger partial charge in [0.05, 0.1) is 18.8 Å². The van der Waals surface area contributed by atoms with Crippen LogP contribution in [-0.2, 0) is 23.9 Å². The van der Waals surface area contributed by atoms with Crippen LogP contribution in [0.15, 0.2) is 32.6 Å². The number of nitrogens with one attached hydrogen (secondary N) is 1. The minimum absolute atomic E-state index is 0. The Kier molecular flexibility index (Phi) is 9.18. The van der Waals surface area contributed by atoms with Gasteiger partial charge in [0.2, 0.25) is 0 Å². The topological polar surface area (TPSA) is 187 Å². The number of amides is 2. The molecule has 0 unspecified atom stereocenters. The Bertz CT molecular complexity index is 1040. The summed E-state index contributed by atoms with van der Waals surface area (Å²) >= 11 is 3.20. The van der Waals surface area contributed by atoms with Crippen LogP contribution >= 0.6 is 34.9 Å². The molecule has 2 aliphatic heterocycles. The van der Waals surface area contributed by atoms with E-state index in [1.54, 1.807) is 0 Å². The molecule has 0 saturated carbocycles. The molecular weight excluding hydrogens is 493 g/mol. The standard InChI is InChI=1S/C16H15N5O7S3.Na/c1-28-8(22)2-3-29-7-5-30-14-10(13(24)21(14)11(7)15(25)26)19-12(23)9(20-27)6-4-31-16(17)18-6;/h2-4,10,14,27H,5H2,1H3,(H2,17,18)(H,19,23)(H,25,26);/q;+1/p-1/b3-2-,20-9-;/t10-,14+;/m1./s1. The Labute approximate surface area is 215 Å². The molecule has 164 valence electrons. The van der Waals surface area contributed by atoms with Crippen LogP contribution in [0.1, 0.15) is 5.69 Å². The summed E-state index contributed by atoms with van der Waals surface area (Å²) in [4.78, 5) is 53.1. The molecule has 2 atom stereocenters. The van der Waals surface area contributed by atoms with Gasteiger partial charge in [0.1, 0.15) is 17.1 Å². The second-order valence-electron chi connectivity index (χ2n) is 5.88. The van der Waals surface area contributed by atoms with Gasteiger partial charge in [-0.15, -0.1) is 23.1 Å². The third kappa shape index (κ3) is 5.29. The second kappa shape index (κ2) is 11.2. The van der Waals surface area contributed by atoms with Crippen LogP contribution < -0.4 is 45.7 Å². The molecule has 1 fully saturated rings. The number of oxime groups is 1. The molecule has 3 rings (SSSR count). The fourth-order valence-electron chi connectivity index (χ4n) is 2.73. The number of carboxylic acids is 1. The number of nitrogens with two attached hydrogens (primary N) is 1. The molecule has 16 heteroatoms. The van der Waals surface area contributed by atoms with Crippen molar-refractivity contribution in [3.05, 3.63) is 33.2 Å². The number of aliphatic carboxylic acids is 1. The molecule has 32 heavy (non-hydrogen) atoms. The maximum absolute atomic E-state index is 12.6. The van der Waals surface area contributed by atoms with Gasteiger partial charge in [-0.2, -0.15) is 0 Å². The van der Waals surface area contributed by atoms with Crippen molar-refractivity contribution in [2.75, 3.05) is 18.6 Å². The van der Waals surface area contributed by atoms with E-state index in [9.17, 15) is 24.3 Å². The van der Waals surface area contributed by atoms with Gasteiger partial charge in [-0.05, 0) is 5.41 Å². The number of carbonyl (C=O) groups excluding carboxylic acids is 4. The maximum Gasteiger partial charge on any atom is 1.00 e. The summed E-state index contributed by atoms with van der Waals surface area (Å²) in [6.07, 6.45) is 1.11. The maximum atomic E-state index is 12.6. The summed E-state index contributed by atoms with van der Waals surface area (Å²) < 4.78 is 4.46. The van der Waals surface area contributed by atoms with Gasteiger partial charge < -0.3 is 30.9 Å². The molecule has 0 aliphatic carbocycles. The van der Waals surface area contributed by atoms with Crippen molar-refractivity contribution in [3.63, 3.8) is 0 Å². The number of hydrogen-bond donors (Lipinski definition) is 3. The number of nitrogen functional groups attached to an aromatic ring is 1. The molecule has 2 aliphatic rings. The first-order valence-corrected chi connectivity index (χ1v) is 11.1. The second-order valence-corrected chi connectivity index (χ2v) is 8.88. The van der Waals surface area contributed by atoms with Crippen molar-refractivity contribution < 1.29 is 63.8 Å². The zero-order valence-electron chi connectivity index (χ0n) is 16.6. The number of carbonyl (C=O) groups is 4. The van der Waals surface area contributed by atoms with E-state index in [2.05, 4.69) is 20.2 Å². The number of ether oxygens (including phenoxy) is 1. The molecule has 3 heterocycles. The molecule has 1 aromatic heterocycles. The third-order valence-corrected chi connectivity index (χ3v) is 7.14. The van der Waals surface area contributed by atoms with Gasteiger partial charge in [0.15, 0.2) is 10.8 Å². The quantitative estimate of drug-likeness (QED) is 0.0616. The number of anilines is 1. The fraction of sp³-hybridized carbons (Fsp3) is 0.250. The van der Waals surface area contributed by atoms with Crippen molar-refractivity contribution in [1.29, 1.82) is 0 Å². The Morgan fingerprint density at radius 2 is 2.22 bits per heavy atom. The number of fused-ring (bicyclic) bond motifs is 1. The average molecular weight is 508 g/mol. The van der Waals surface area contributed by atoms with Crippen LogP contribution in [0.3, 0.4) is 0 Å². The molecule has 0 aromatic carbocycles. The fourth-order valence-corrected chi connectivity index (χ4v) is 5.58. The summed E-state index contributed by atoms with van der Waals surface area (Å²) in [5.74, 6) is -3.52. The van der Waals surface area contributed by atoms with Gasteiger partial charge in [-0.1, -0.05) is 16.9 Å². The van der Waals surface area contributed by atoms with Crippen LogP contribution in [0.25, 0.3) is 0 Å². The number of thiazole rings is 1. The minimum atomic E-state index is -1.56. The van der Waals surface area contributed by atoms with E-state index in [1.165, 1.54) is 29.7 Å². The molecular formula is C16H14N5NaO7S3. The van der Waals surface area contributed by atoms with E-state index in [0.717, 1.165) is 34.1 Å². The number of rotatable bonds is 7. The SMILES string of the molecule is COC(=O)/C=C\SC1=C(C(=O)[O-])N2C(=O)[C@@H](NC(=O)/C(=N\O)c3csc(N)n3)[C@@H]2SC1.[Na+]. The first-order valence-electron chi connectivity index (χ1n) is 8.33. The Morgan fingerprint density at radius 1 is 1.50 bits per heavy atom. The number of β-lactam (4-membered cyclic amide) rings is 1. The predicted molar refractivity (Wildman–Crippen MR) is 111 cm³/mol. The zero-order valence-corrected chi connectivity index (χ0v) is 21.1. The van der Waals surface area contributed by atoms with E-state index < -0.39 is 40.9 Å². The monoisotopic (exact) mass is 507 g/mol. The summed E-state index contributed by atoms with van der Waals surface area (Å²) in [5.41, 5.74) is 4.78. The Balaban J connectivity index is 0.00000363. The smallest absolute Gasteiger partial charge is 0.543 e. The summed E-state index contributed by atoms with van der Waals surface area (Å²) in [6.45, 7) is 0. The van der Waals surface area contributed by atoms with E-state index in [-0.39, 0.29) is 51.8 Å². The molecule has 12 nitrogen and oxygen atoms in total. The summed E-state index contributed by atoms with van der Waals surface area (Å²) in [5, 5.41) is 28.4. The molecule has 4 N–H and O–H groups in total. The average Bonchev–Trinajstić information content (AvgIpc) is 3.17. The first kappa shape index (κ1) is 26.2. The summed E-state index contributed by atoms with van der Waals surface area (Å²) in [6, 6.07) is -1.04. The van der Waals surface area contributed by atoms with Crippen molar-refractivity contribution >= 4 is 69.5 Å². The van der Waals surface area contributed by atoms with E-state index in [4.69, 9.17) is 10.9 Å². The van der Waals surface area contributed by atoms with Gasteiger partial charge >= 0.3 is 35.5 Å². The number of aromatic nitrogens is 1. The number of nitrogens with zero attached hydrogens (tertiary/aromatic N) is 3. The van der Waals surface area contributed by atoms with Gasteiger partial charge in [-0.25, -0.2) is 9.78 Å². The zero-order chi connectivity index (χ0) is 22.7. The van der Waals surface area contributed by atoms with Crippen molar-refractivity contribution in [2.45, 2.75) is 11.4 Å². The van der Waals surface area contributed by atoms with Crippen molar-refractivity contribution in [2.24, 2.45) is 5.16 Å². The number of carboxylic acid groups (broad SMARTS) is 1. The van der Waals surface area contributed by atoms with Gasteiger partial charge in [0.25, 0.3) is 11.8 Å². The molecule has 1 aromatic rings. The van der Waals surface area contributed by atoms with Crippen LogP contribution in [0, 0.1) is 0 Å². The number of thioether (sulfide) groups is 2. The van der Waals surface area contributed by atoms with E-state index in [1.807, 2.05) is 0 Å². The predicted octanol–water partition coefficient (Wildman–Crippen LogP) is -4.31. The Morgan fingerprint density at radius 3 is 2.78 bits per heavy atom. The van der Waals surface area contributed by atoms with Crippen LogP contribution in [0.5, 0.6) is 0 Å². The normalized spacial score (nSPS) is 20.3. The third-order valence-electron chi connectivity index (χ3n) is 4.11. The molecule has 0 radical (unpaired) electrons. The number of esters is 1. The first-order chi connectivity index (χ1) is 14.8. The number of hydrogen-bond acceptors (Lipinski definition) is 13. The largest absolute Gasteiger partial charge is 1.00 e. The van der Waals surface area contributed by atoms with Crippen molar-refractivity contribution in [1.82, 2.24) is 15.2 Å². The molecule has 1 saturated heterocycles. The molecule has 0 spiro atoms. The van der Waals surface area contributed by atoms with Crippen LogP contribution in [-0.4, -0.2) is 68.8 Å². The van der Waals surface area contributed by atoms with Crippen LogP contribution in [0.4, 0.5) is 5.13 Å². The Hall–Kier alpha value is -2.04. The molecule has 0 bridgehead atoms. The van der Waals surface area contributed by atoms with Crippen molar-refractivity contribution in [3.8, 4) is 0 Å². The number of methoxy groups -OCH3 is 1. The van der Waals surface area contributed by atoms with E-state index >= 15 is 0 Å². The molecule has 2 amide bonds.